The second-order valence-corrected chi connectivity index (χ2v) is 5.74. The lowest BCUT2D eigenvalue weighted by Gasteiger charge is -2.19. The summed E-state index contributed by atoms with van der Waals surface area (Å²) < 4.78 is 10.3. The number of fused-ring (bicyclic) bond motifs is 1. The number of rotatable bonds is 2. The second kappa shape index (κ2) is 6.97. The largest absolute Gasteiger partial charge is 0.481 e. The van der Waals surface area contributed by atoms with E-state index in [0.717, 1.165) is 11.1 Å². The van der Waals surface area contributed by atoms with Crippen molar-refractivity contribution in [3.8, 4) is 17.7 Å². The standard InChI is InChI=1S/C17H19N3O3/c1-17(2,3)23-16(21)19-10-5-6-12-9-11-18-13-7-8-14(22-4)20-15(12)13/h7-9,11H,10H2,1-4H3,(H,19,21). The monoisotopic (exact) mass is 313 g/mol. The molecule has 2 rings (SSSR count). The molecule has 2 heterocycles. The van der Waals surface area contributed by atoms with Gasteiger partial charge < -0.3 is 14.8 Å². The Bertz CT molecular complexity index is 770. The number of carbonyl (C=O) groups excluding carboxylic acids is 1. The van der Waals surface area contributed by atoms with Crippen LogP contribution in [0, 0.1) is 11.8 Å². The molecule has 0 saturated heterocycles. The van der Waals surface area contributed by atoms with Crippen molar-refractivity contribution in [2.24, 2.45) is 0 Å². The van der Waals surface area contributed by atoms with Gasteiger partial charge in [-0.3, -0.25) is 4.98 Å². The average molecular weight is 313 g/mol. The van der Waals surface area contributed by atoms with Gasteiger partial charge in [-0.2, -0.15) is 0 Å². The molecule has 120 valence electrons. The molecule has 0 fully saturated rings. The van der Waals surface area contributed by atoms with E-state index in [4.69, 9.17) is 9.47 Å². The molecule has 0 spiro atoms. The highest BCUT2D eigenvalue weighted by Gasteiger charge is 2.15. The molecule has 1 amide bonds. The van der Waals surface area contributed by atoms with Crippen LogP contribution in [0.25, 0.3) is 11.0 Å². The summed E-state index contributed by atoms with van der Waals surface area (Å²) in [5.41, 5.74) is 1.59. The van der Waals surface area contributed by atoms with Gasteiger partial charge >= 0.3 is 6.09 Å². The fourth-order valence-corrected chi connectivity index (χ4v) is 1.79. The van der Waals surface area contributed by atoms with E-state index in [9.17, 15) is 4.79 Å². The molecule has 23 heavy (non-hydrogen) atoms. The van der Waals surface area contributed by atoms with Crippen LogP contribution in [0.2, 0.25) is 0 Å². The molecular weight excluding hydrogens is 294 g/mol. The zero-order valence-electron chi connectivity index (χ0n) is 13.6. The first-order valence-corrected chi connectivity index (χ1v) is 7.14. The van der Waals surface area contributed by atoms with Gasteiger partial charge in [-0.05, 0) is 32.9 Å². The minimum Gasteiger partial charge on any atom is -0.481 e. The van der Waals surface area contributed by atoms with Crippen LogP contribution in [-0.4, -0.2) is 35.3 Å². The molecular formula is C17H19N3O3. The molecule has 0 bridgehead atoms. The lowest BCUT2D eigenvalue weighted by Crippen LogP contribution is -2.32. The minimum atomic E-state index is -0.528. The highest BCUT2D eigenvalue weighted by molar-refractivity contribution is 5.81. The molecule has 0 radical (unpaired) electrons. The van der Waals surface area contributed by atoms with Crippen molar-refractivity contribution >= 4 is 17.1 Å². The predicted molar refractivity (Wildman–Crippen MR) is 87.2 cm³/mol. The number of carbonyl (C=O) groups is 1. The molecule has 6 nitrogen and oxygen atoms in total. The fourth-order valence-electron chi connectivity index (χ4n) is 1.79. The maximum absolute atomic E-state index is 11.5. The SMILES string of the molecule is COc1ccc2nccc(C#CCNC(=O)OC(C)(C)C)c2n1. The first-order valence-electron chi connectivity index (χ1n) is 7.14. The Hall–Kier alpha value is -2.81. The maximum Gasteiger partial charge on any atom is 0.408 e. The molecule has 2 aromatic rings. The second-order valence-electron chi connectivity index (χ2n) is 5.74. The molecule has 0 saturated carbocycles. The van der Waals surface area contributed by atoms with Crippen LogP contribution >= 0.6 is 0 Å². The molecule has 2 aromatic heterocycles. The van der Waals surface area contributed by atoms with Crippen molar-refractivity contribution in [3.05, 3.63) is 30.0 Å². The highest BCUT2D eigenvalue weighted by Crippen LogP contribution is 2.17. The van der Waals surface area contributed by atoms with Crippen molar-refractivity contribution in [1.29, 1.82) is 0 Å². The van der Waals surface area contributed by atoms with Crippen LogP contribution in [0.5, 0.6) is 5.88 Å². The molecule has 0 aliphatic heterocycles. The van der Waals surface area contributed by atoms with Gasteiger partial charge in [0, 0.05) is 12.3 Å². The zero-order chi connectivity index (χ0) is 16.9. The van der Waals surface area contributed by atoms with Crippen molar-refractivity contribution in [1.82, 2.24) is 15.3 Å². The van der Waals surface area contributed by atoms with Gasteiger partial charge in [0.25, 0.3) is 0 Å². The Kier molecular flexibility index (Phi) is 5.02. The highest BCUT2D eigenvalue weighted by atomic mass is 16.6. The van der Waals surface area contributed by atoms with E-state index in [1.165, 1.54) is 0 Å². The van der Waals surface area contributed by atoms with Gasteiger partial charge in [0.05, 0.1) is 24.7 Å². The van der Waals surface area contributed by atoms with Crippen LogP contribution in [0.3, 0.4) is 0 Å². The van der Waals surface area contributed by atoms with Crippen LogP contribution in [0.15, 0.2) is 24.4 Å². The van der Waals surface area contributed by atoms with E-state index in [1.54, 1.807) is 46.2 Å². The molecule has 0 aliphatic carbocycles. The van der Waals surface area contributed by atoms with Crippen molar-refractivity contribution in [3.63, 3.8) is 0 Å². The van der Waals surface area contributed by atoms with Crippen LogP contribution < -0.4 is 10.1 Å². The number of nitrogens with one attached hydrogen (secondary N) is 1. The van der Waals surface area contributed by atoms with E-state index in [2.05, 4.69) is 27.1 Å². The number of methoxy groups -OCH3 is 1. The van der Waals surface area contributed by atoms with Gasteiger partial charge in [0.15, 0.2) is 0 Å². The molecule has 0 atom stereocenters. The van der Waals surface area contributed by atoms with E-state index < -0.39 is 11.7 Å². The number of hydrogen-bond donors (Lipinski definition) is 1. The third-order valence-corrected chi connectivity index (χ3v) is 2.71. The van der Waals surface area contributed by atoms with Crippen LogP contribution in [-0.2, 0) is 4.74 Å². The number of alkyl carbamates (subject to hydrolysis) is 1. The number of hydrogen-bond acceptors (Lipinski definition) is 5. The summed E-state index contributed by atoms with van der Waals surface area (Å²) in [5.74, 6) is 6.36. The lowest BCUT2D eigenvalue weighted by molar-refractivity contribution is 0.0535. The maximum atomic E-state index is 11.5. The summed E-state index contributed by atoms with van der Waals surface area (Å²) in [6.45, 7) is 5.60. The smallest absolute Gasteiger partial charge is 0.408 e. The number of ether oxygens (including phenoxy) is 2. The van der Waals surface area contributed by atoms with Crippen molar-refractivity contribution in [2.75, 3.05) is 13.7 Å². The average Bonchev–Trinajstić information content (AvgIpc) is 2.49. The first-order chi connectivity index (χ1) is 10.9. The summed E-state index contributed by atoms with van der Waals surface area (Å²) in [7, 11) is 1.56. The molecule has 0 aliphatic rings. The Labute approximate surface area is 135 Å². The first kappa shape index (κ1) is 16.6. The quantitative estimate of drug-likeness (QED) is 0.862. The van der Waals surface area contributed by atoms with Gasteiger partial charge in [-0.25, -0.2) is 9.78 Å². The van der Waals surface area contributed by atoms with Crippen molar-refractivity contribution < 1.29 is 14.3 Å². The van der Waals surface area contributed by atoms with E-state index in [0.29, 0.717) is 11.4 Å². The van der Waals surface area contributed by atoms with Gasteiger partial charge in [-0.15, -0.1) is 0 Å². The van der Waals surface area contributed by atoms with E-state index in [1.807, 2.05) is 6.07 Å². The summed E-state index contributed by atoms with van der Waals surface area (Å²) >= 11 is 0. The molecule has 6 heteroatoms. The minimum absolute atomic E-state index is 0.183. The van der Waals surface area contributed by atoms with Gasteiger partial charge in [0.2, 0.25) is 5.88 Å². The van der Waals surface area contributed by atoms with E-state index in [-0.39, 0.29) is 6.54 Å². The van der Waals surface area contributed by atoms with Crippen molar-refractivity contribution in [2.45, 2.75) is 26.4 Å². The zero-order valence-corrected chi connectivity index (χ0v) is 13.6. The predicted octanol–water partition coefficient (Wildman–Crippen LogP) is 2.51. The number of aromatic nitrogens is 2. The van der Waals surface area contributed by atoms with Gasteiger partial charge in [0.1, 0.15) is 11.1 Å². The lowest BCUT2D eigenvalue weighted by atomic mass is 10.2. The summed E-state index contributed by atoms with van der Waals surface area (Å²) in [6, 6.07) is 5.34. The topological polar surface area (TPSA) is 73.3 Å². The van der Waals surface area contributed by atoms with Gasteiger partial charge in [-0.1, -0.05) is 11.8 Å². The fraction of sp³-hybridized carbons (Fsp3) is 0.353. The Morgan fingerprint density at radius 2 is 2.09 bits per heavy atom. The molecule has 0 aromatic carbocycles. The molecule has 0 unspecified atom stereocenters. The van der Waals surface area contributed by atoms with E-state index >= 15 is 0 Å². The summed E-state index contributed by atoms with van der Waals surface area (Å²) in [4.78, 5) is 20.1. The third-order valence-electron chi connectivity index (χ3n) is 2.71. The third kappa shape index (κ3) is 4.85. The Balaban J connectivity index is 2.09. The number of nitrogens with zero attached hydrogens (tertiary/aromatic N) is 2. The van der Waals surface area contributed by atoms with Crippen LogP contribution in [0.1, 0.15) is 26.3 Å². The number of pyridine rings is 2. The Morgan fingerprint density at radius 1 is 1.30 bits per heavy atom. The number of amides is 1. The summed E-state index contributed by atoms with van der Waals surface area (Å²) in [6.07, 6.45) is 1.17. The normalized spacial score (nSPS) is 10.6. The Morgan fingerprint density at radius 3 is 2.78 bits per heavy atom. The summed E-state index contributed by atoms with van der Waals surface area (Å²) in [5, 5.41) is 2.58. The van der Waals surface area contributed by atoms with Crippen LogP contribution in [0.4, 0.5) is 4.79 Å². The molecule has 1 N–H and O–H groups in total.